The van der Waals surface area contributed by atoms with Gasteiger partial charge in [-0.3, -0.25) is 0 Å². The van der Waals surface area contributed by atoms with Crippen molar-refractivity contribution < 1.29 is 9.13 Å². The first kappa shape index (κ1) is 11.8. The summed E-state index contributed by atoms with van der Waals surface area (Å²) in [6.07, 6.45) is 1.92. The molecule has 0 N–H and O–H groups in total. The maximum absolute atomic E-state index is 13.3. The van der Waals surface area contributed by atoms with Gasteiger partial charge in [-0.1, -0.05) is 19.1 Å². The molecule has 0 saturated heterocycles. The number of rotatable bonds is 3. The van der Waals surface area contributed by atoms with Gasteiger partial charge < -0.3 is 4.74 Å². The van der Waals surface area contributed by atoms with Crippen molar-refractivity contribution in [3.63, 3.8) is 0 Å². The maximum Gasteiger partial charge on any atom is 0.260 e. The summed E-state index contributed by atoms with van der Waals surface area (Å²) in [7, 11) is 0. The smallest absolute Gasteiger partial charge is 0.260 e. The van der Waals surface area contributed by atoms with Gasteiger partial charge >= 0.3 is 0 Å². The molecule has 0 atom stereocenters. The highest BCUT2D eigenvalue weighted by molar-refractivity contribution is 6.28. The molecule has 5 heteroatoms. The van der Waals surface area contributed by atoms with Crippen molar-refractivity contribution in [2.45, 2.75) is 13.3 Å². The first-order valence-corrected chi connectivity index (χ1v) is 5.51. The van der Waals surface area contributed by atoms with Gasteiger partial charge in [0.2, 0.25) is 11.1 Å². The van der Waals surface area contributed by atoms with Crippen molar-refractivity contribution in [3.8, 4) is 11.6 Å². The van der Waals surface area contributed by atoms with E-state index in [2.05, 4.69) is 16.9 Å². The highest BCUT2D eigenvalue weighted by Gasteiger charge is 2.08. The molecule has 1 heterocycles. The molecule has 0 spiro atoms. The summed E-state index contributed by atoms with van der Waals surface area (Å²) >= 11 is 5.56. The lowest BCUT2D eigenvalue weighted by molar-refractivity contribution is 0.419. The molecule has 1 aromatic carbocycles. The third-order valence-corrected chi connectivity index (χ3v) is 2.41. The van der Waals surface area contributed by atoms with E-state index in [9.17, 15) is 4.39 Å². The first-order chi connectivity index (χ1) is 8.19. The fourth-order valence-corrected chi connectivity index (χ4v) is 1.43. The zero-order chi connectivity index (χ0) is 12.3. The average Bonchev–Trinajstić information content (AvgIpc) is 2.35. The van der Waals surface area contributed by atoms with Crippen molar-refractivity contribution in [2.24, 2.45) is 0 Å². The largest absolute Gasteiger partial charge is 0.436 e. The summed E-state index contributed by atoms with van der Waals surface area (Å²) in [6, 6.07) is 7.34. The molecule has 0 radical (unpaired) electrons. The number of ether oxygens (including phenoxy) is 1. The Hall–Kier alpha value is -1.68. The Labute approximate surface area is 103 Å². The number of hydrogen-bond donors (Lipinski definition) is 0. The van der Waals surface area contributed by atoms with Crippen LogP contribution < -0.4 is 4.74 Å². The third kappa shape index (κ3) is 2.91. The minimum Gasteiger partial charge on any atom is -0.436 e. The summed E-state index contributed by atoms with van der Waals surface area (Å²) < 4.78 is 18.6. The van der Waals surface area contributed by atoms with E-state index in [1.54, 1.807) is 12.1 Å². The van der Waals surface area contributed by atoms with Crippen LogP contribution in [-0.4, -0.2) is 9.97 Å². The molecule has 0 fully saturated rings. The Balaban J connectivity index is 2.22. The number of halogens is 2. The summed E-state index contributed by atoms with van der Waals surface area (Å²) in [4.78, 5) is 7.18. The van der Waals surface area contributed by atoms with Crippen molar-refractivity contribution >= 4 is 11.6 Å². The quantitative estimate of drug-likeness (QED) is 0.783. The molecule has 2 aromatic rings. The van der Waals surface area contributed by atoms with Crippen LogP contribution in [0.15, 0.2) is 30.5 Å². The van der Waals surface area contributed by atoms with Crippen LogP contribution in [0.3, 0.4) is 0 Å². The standard InChI is InChI=1S/C12H10ClFN2O/c1-2-8-3-5-9(6-4-8)17-11-10(14)7-15-12(13)16-11/h3-7H,2H2,1H3. The molecule has 88 valence electrons. The topological polar surface area (TPSA) is 35.0 Å². The van der Waals surface area contributed by atoms with Gasteiger partial charge in [0.15, 0.2) is 0 Å². The molecule has 1 aromatic heterocycles. The highest BCUT2D eigenvalue weighted by Crippen LogP contribution is 2.23. The Morgan fingerprint density at radius 2 is 2.00 bits per heavy atom. The van der Waals surface area contributed by atoms with Crippen LogP contribution >= 0.6 is 11.6 Å². The van der Waals surface area contributed by atoms with Gasteiger partial charge in [0.25, 0.3) is 5.88 Å². The van der Waals surface area contributed by atoms with Crippen LogP contribution in [0.1, 0.15) is 12.5 Å². The fourth-order valence-electron chi connectivity index (χ4n) is 1.31. The summed E-state index contributed by atoms with van der Waals surface area (Å²) in [6.45, 7) is 2.06. The predicted octanol–water partition coefficient (Wildman–Crippen LogP) is 3.62. The minimum atomic E-state index is -0.644. The molecule has 0 bridgehead atoms. The van der Waals surface area contributed by atoms with E-state index < -0.39 is 5.82 Å². The number of aryl methyl sites for hydroxylation is 1. The summed E-state index contributed by atoms with van der Waals surface area (Å²) in [5.41, 5.74) is 1.18. The van der Waals surface area contributed by atoms with Crippen LogP contribution in [0.25, 0.3) is 0 Å². The Morgan fingerprint density at radius 1 is 1.29 bits per heavy atom. The minimum absolute atomic E-state index is 0.0495. The molecule has 17 heavy (non-hydrogen) atoms. The normalized spacial score (nSPS) is 10.3. The lowest BCUT2D eigenvalue weighted by atomic mass is 10.2. The Bertz CT molecular complexity index is 516. The molecular weight excluding hydrogens is 243 g/mol. The summed E-state index contributed by atoms with van der Waals surface area (Å²) in [5.74, 6) is -0.306. The van der Waals surface area contributed by atoms with Gasteiger partial charge in [-0.25, -0.2) is 4.98 Å². The van der Waals surface area contributed by atoms with Crippen molar-refractivity contribution in [1.29, 1.82) is 0 Å². The van der Waals surface area contributed by atoms with Crippen LogP contribution in [0.4, 0.5) is 4.39 Å². The van der Waals surface area contributed by atoms with Gasteiger partial charge in [-0.2, -0.15) is 9.37 Å². The summed E-state index contributed by atoms with van der Waals surface area (Å²) in [5, 5.41) is -0.0495. The molecule has 0 aliphatic heterocycles. The molecular formula is C12H10ClFN2O. The molecule has 0 saturated carbocycles. The second kappa shape index (κ2) is 5.10. The van der Waals surface area contributed by atoms with E-state index >= 15 is 0 Å². The SMILES string of the molecule is CCc1ccc(Oc2nc(Cl)ncc2F)cc1. The number of benzene rings is 1. The monoisotopic (exact) mass is 252 g/mol. The molecule has 0 aliphatic carbocycles. The molecule has 0 unspecified atom stereocenters. The second-order valence-corrected chi connectivity index (χ2v) is 3.73. The van der Waals surface area contributed by atoms with E-state index in [0.29, 0.717) is 5.75 Å². The number of nitrogens with zero attached hydrogens (tertiary/aromatic N) is 2. The molecule has 0 amide bonds. The van der Waals surface area contributed by atoms with Crippen LogP contribution in [-0.2, 0) is 6.42 Å². The highest BCUT2D eigenvalue weighted by atomic mass is 35.5. The molecule has 3 nitrogen and oxygen atoms in total. The Morgan fingerprint density at radius 3 is 2.65 bits per heavy atom. The number of aromatic nitrogens is 2. The molecule has 0 aliphatic rings. The maximum atomic E-state index is 13.3. The van der Waals surface area contributed by atoms with E-state index in [1.807, 2.05) is 12.1 Å². The van der Waals surface area contributed by atoms with Crippen LogP contribution in [0.2, 0.25) is 5.28 Å². The van der Waals surface area contributed by atoms with E-state index in [4.69, 9.17) is 16.3 Å². The Kier molecular flexibility index (Phi) is 3.54. The fraction of sp³-hybridized carbons (Fsp3) is 0.167. The lowest BCUT2D eigenvalue weighted by Gasteiger charge is -2.06. The second-order valence-electron chi connectivity index (χ2n) is 3.39. The van der Waals surface area contributed by atoms with E-state index in [0.717, 1.165) is 12.6 Å². The van der Waals surface area contributed by atoms with Crippen LogP contribution in [0.5, 0.6) is 11.6 Å². The zero-order valence-electron chi connectivity index (χ0n) is 9.15. The van der Waals surface area contributed by atoms with Crippen LogP contribution in [0, 0.1) is 5.82 Å². The average molecular weight is 253 g/mol. The van der Waals surface area contributed by atoms with E-state index in [-0.39, 0.29) is 11.2 Å². The van der Waals surface area contributed by atoms with E-state index in [1.165, 1.54) is 5.56 Å². The lowest BCUT2D eigenvalue weighted by Crippen LogP contribution is -1.94. The number of hydrogen-bond acceptors (Lipinski definition) is 3. The predicted molar refractivity (Wildman–Crippen MR) is 62.9 cm³/mol. The van der Waals surface area contributed by atoms with Gasteiger partial charge in [-0.05, 0) is 35.7 Å². The van der Waals surface area contributed by atoms with Gasteiger partial charge in [0, 0.05) is 0 Å². The van der Waals surface area contributed by atoms with Crippen molar-refractivity contribution in [2.75, 3.05) is 0 Å². The van der Waals surface area contributed by atoms with Gasteiger partial charge in [-0.15, -0.1) is 0 Å². The van der Waals surface area contributed by atoms with Crippen molar-refractivity contribution in [3.05, 3.63) is 47.1 Å². The zero-order valence-corrected chi connectivity index (χ0v) is 9.91. The van der Waals surface area contributed by atoms with Crippen molar-refractivity contribution in [1.82, 2.24) is 9.97 Å². The van der Waals surface area contributed by atoms with Gasteiger partial charge in [0.1, 0.15) is 5.75 Å². The third-order valence-electron chi connectivity index (χ3n) is 2.23. The molecule has 2 rings (SSSR count). The van der Waals surface area contributed by atoms with Gasteiger partial charge in [0.05, 0.1) is 6.20 Å². The first-order valence-electron chi connectivity index (χ1n) is 5.14.